The Morgan fingerprint density at radius 3 is 2.39 bits per heavy atom. The lowest BCUT2D eigenvalue weighted by Crippen LogP contribution is -2.41. The molecule has 3 amide bonds. The van der Waals surface area contributed by atoms with Crippen molar-refractivity contribution in [1.29, 1.82) is 0 Å². The molecule has 33 heavy (non-hydrogen) atoms. The zero-order chi connectivity index (χ0) is 24.4. The van der Waals surface area contributed by atoms with E-state index in [0.29, 0.717) is 18.5 Å². The Hall–Kier alpha value is -1.84. The van der Waals surface area contributed by atoms with E-state index in [1.165, 1.54) is 16.9 Å². The van der Waals surface area contributed by atoms with E-state index in [2.05, 4.69) is 22.3 Å². The molecule has 1 aliphatic rings. The second kappa shape index (κ2) is 10.2. The Morgan fingerprint density at radius 1 is 1.12 bits per heavy atom. The molecule has 0 saturated carbocycles. The Morgan fingerprint density at radius 2 is 1.79 bits per heavy atom. The highest BCUT2D eigenvalue weighted by atomic mass is 35.6. The molecule has 0 fully saturated rings. The van der Waals surface area contributed by atoms with Gasteiger partial charge in [0.2, 0.25) is 0 Å². The molecule has 0 bridgehead atoms. The lowest BCUT2D eigenvalue weighted by atomic mass is 10.0. The normalized spacial score (nSPS) is 14.4. The van der Waals surface area contributed by atoms with Crippen molar-refractivity contribution in [1.82, 2.24) is 10.2 Å². The van der Waals surface area contributed by atoms with E-state index in [9.17, 15) is 14.4 Å². The summed E-state index contributed by atoms with van der Waals surface area (Å²) < 4.78 is 3.29. The minimum Gasteiger partial charge on any atom is -0.456 e. The highest BCUT2D eigenvalue weighted by Gasteiger charge is 2.34. The Balaban J connectivity index is 1.85. The third-order valence-electron chi connectivity index (χ3n) is 4.70. The van der Waals surface area contributed by atoms with Crippen LogP contribution in [0.5, 0.6) is 0 Å². The molecule has 1 aromatic heterocycles. The standard InChI is InChI=1S/C22H24Cl3N3O4S/c1-21(2,3)32-18(29)16-14-9-10-28(11-13-7-5-4-6-8-13)12-15(14)33-17(16)26-20(31)27-19(30)22(23,24)25/h4-8H,9-12H2,1-3H3,(H2,26,27,30,31). The maximum atomic E-state index is 13.0. The molecule has 7 nitrogen and oxygen atoms in total. The van der Waals surface area contributed by atoms with Gasteiger partial charge in [0, 0.05) is 24.5 Å². The fraction of sp³-hybridized carbons (Fsp3) is 0.409. The molecule has 0 unspecified atom stereocenters. The molecular formula is C22H24Cl3N3O4S. The minimum atomic E-state index is -2.29. The summed E-state index contributed by atoms with van der Waals surface area (Å²) in [6.07, 6.45) is 0.615. The van der Waals surface area contributed by atoms with E-state index in [0.717, 1.165) is 23.5 Å². The van der Waals surface area contributed by atoms with Gasteiger partial charge in [-0.15, -0.1) is 11.3 Å². The van der Waals surface area contributed by atoms with Gasteiger partial charge in [0.1, 0.15) is 10.6 Å². The number of alkyl halides is 3. The van der Waals surface area contributed by atoms with Crippen LogP contribution in [0.15, 0.2) is 30.3 Å². The number of amides is 3. The van der Waals surface area contributed by atoms with Gasteiger partial charge in [0.25, 0.3) is 9.70 Å². The Kier molecular flexibility index (Phi) is 7.96. The highest BCUT2D eigenvalue weighted by Crippen LogP contribution is 2.38. The monoisotopic (exact) mass is 531 g/mol. The molecular weight excluding hydrogens is 509 g/mol. The number of hydrogen-bond acceptors (Lipinski definition) is 6. The first-order valence-electron chi connectivity index (χ1n) is 10.2. The maximum Gasteiger partial charge on any atom is 0.341 e. The average molecular weight is 533 g/mol. The predicted octanol–water partition coefficient (Wildman–Crippen LogP) is 5.28. The van der Waals surface area contributed by atoms with Crippen LogP contribution in [-0.4, -0.2) is 38.7 Å². The van der Waals surface area contributed by atoms with E-state index in [1.54, 1.807) is 20.8 Å². The Bertz CT molecular complexity index is 1050. The number of ether oxygens (including phenoxy) is 1. The lowest BCUT2D eigenvalue weighted by molar-refractivity contribution is -0.119. The number of anilines is 1. The van der Waals surface area contributed by atoms with Gasteiger partial charge in [0.05, 0.1) is 5.56 Å². The number of halogens is 3. The summed E-state index contributed by atoms with van der Waals surface area (Å²) >= 11 is 17.8. The van der Waals surface area contributed by atoms with Crippen LogP contribution in [0, 0.1) is 0 Å². The summed E-state index contributed by atoms with van der Waals surface area (Å²) in [6, 6.07) is 9.19. The number of imide groups is 1. The molecule has 2 aromatic rings. The first kappa shape index (κ1) is 25.8. The van der Waals surface area contributed by atoms with E-state index in [-0.39, 0.29) is 5.00 Å². The summed E-state index contributed by atoms with van der Waals surface area (Å²) in [4.78, 5) is 40.4. The number of urea groups is 1. The van der Waals surface area contributed by atoms with Gasteiger partial charge in [-0.2, -0.15) is 0 Å². The number of esters is 1. The quantitative estimate of drug-likeness (QED) is 0.413. The van der Waals surface area contributed by atoms with Gasteiger partial charge < -0.3 is 4.74 Å². The molecule has 0 aliphatic carbocycles. The van der Waals surface area contributed by atoms with Crippen LogP contribution in [0.1, 0.15) is 47.1 Å². The SMILES string of the molecule is CC(C)(C)OC(=O)c1c(NC(=O)NC(=O)C(Cl)(Cl)Cl)sc2c1CCN(Cc1ccccc1)C2. The van der Waals surface area contributed by atoms with Crippen molar-refractivity contribution in [2.45, 2.75) is 49.7 Å². The number of hydrogen-bond donors (Lipinski definition) is 2. The third-order valence-corrected chi connectivity index (χ3v) is 6.35. The number of benzene rings is 1. The molecule has 0 saturated heterocycles. The van der Waals surface area contributed by atoms with E-state index < -0.39 is 27.3 Å². The fourth-order valence-electron chi connectivity index (χ4n) is 3.37. The summed E-state index contributed by atoms with van der Waals surface area (Å²) in [6.45, 7) is 7.42. The number of fused-ring (bicyclic) bond motifs is 1. The smallest absolute Gasteiger partial charge is 0.341 e. The zero-order valence-corrected chi connectivity index (χ0v) is 21.4. The molecule has 11 heteroatoms. The first-order chi connectivity index (χ1) is 15.3. The van der Waals surface area contributed by atoms with Crippen molar-refractivity contribution in [2.24, 2.45) is 0 Å². The van der Waals surface area contributed by atoms with Crippen LogP contribution < -0.4 is 10.6 Å². The number of thiophene rings is 1. The van der Waals surface area contributed by atoms with Crippen molar-refractivity contribution in [3.63, 3.8) is 0 Å². The number of nitrogens with zero attached hydrogens (tertiary/aromatic N) is 1. The third kappa shape index (κ3) is 7.07. The van der Waals surface area contributed by atoms with Gasteiger partial charge in [-0.3, -0.25) is 20.3 Å². The number of carbonyl (C=O) groups excluding carboxylic acids is 3. The summed E-state index contributed by atoms with van der Waals surface area (Å²) in [7, 11) is 0. The molecule has 1 aromatic carbocycles. The van der Waals surface area contributed by atoms with Gasteiger partial charge in [-0.25, -0.2) is 9.59 Å². The highest BCUT2D eigenvalue weighted by molar-refractivity contribution is 7.17. The van der Waals surface area contributed by atoms with Crippen LogP contribution >= 0.6 is 46.1 Å². The van der Waals surface area contributed by atoms with Crippen LogP contribution in [0.4, 0.5) is 9.80 Å². The average Bonchev–Trinajstić information content (AvgIpc) is 3.03. The van der Waals surface area contributed by atoms with E-state index in [1.807, 2.05) is 23.5 Å². The molecule has 2 heterocycles. The summed E-state index contributed by atoms with van der Waals surface area (Å²) in [5, 5.41) is 4.80. The second-order valence-corrected chi connectivity index (χ2v) is 11.9. The van der Waals surface area contributed by atoms with Gasteiger partial charge in [0.15, 0.2) is 0 Å². The van der Waals surface area contributed by atoms with Crippen LogP contribution in [0.25, 0.3) is 0 Å². The predicted molar refractivity (Wildman–Crippen MR) is 131 cm³/mol. The maximum absolute atomic E-state index is 13.0. The van der Waals surface area contributed by atoms with Crippen molar-refractivity contribution in [3.05, 3.63) is 51.9 Å². The topological polar surface area (TPSA) is 87.7 Å². The minimum absolute atomic E-state index is 0.283. The molecule has 0 radical (unpaired) electrons. The fourth-order valence-corrected chi connectivity index (χ4v) is 4.79. The number of nitrogens with one attached hydrogen (secondary N) is 2. The van der Waals surface area contributed by atoms with Crippen LogP contribution in [0.2, 0.25) is 0 Å². The van der Waals surface area contributed by atoms with E-state index >= 15 is 0 Å². The van der Waals surface area contributed by atoms with Gasteiger partial charge >= 0.3 is 12.0 Å². The molecule has 0 atom stereocenters. The molecule has 178 valence electrons. The van der Waals surface area contributed by atoms with Gasteiger partial charge in [-0.05, 0) is 38.3 Å². The van der Waals surface area contributed by atoms with Crippen molar-refractivity contribution < 1.29 is 19.1 Å². The number of rotatable bonds is 4. The zero-order valence-electron chi connectivity index (χ0n) is 18.3. The second-order valence-electron chi connectivity index (χ2n) is 8.56. The summed E-state index contributed by atoms with van der Waals surface area (Å²) in [5.41, 5.74) is 1.60. The van der Waals surface area contributed by atoms with Crippen LogP contribution in [-0.2, 0) is 29.0 Å². The molecule has 1 aliphatic heterocycles. The van der Waals surface area contributed by atoms with E-state index in [4.69, 9.17) is 39.5 Å². The Labute approximate surface area is 211 Å². The molecule has 2 N–H and O–H groups in total. The van der Waals surface area contributed by atoms with Crippen molar-refractivity contribution in [3.8, 4) is 0 Å². The molecule has 0 spiro atoms. The summed E-state index contributed by atoms with van der Waals surface area (Å²) in [5.74, 6) is -1.64. The van der Waals surface area contributed by atoms with Gasteiger partial charge in [-0.1, -0.05) is 65.1 Å². The van der Waals surface area contributed by atoms with Crippen LogP contribution in [0.3, 0.4) is 0 Å². The van der Waals surface area contributed by atoms with Crippen molar-refractivity contribution >= 4 is 69.0 Å². The molecule has 3 rings (SSSR count). The number of carbonyl (C=O) groups is 3. The van der Waals surface area contributed by atoms with Crippen molar-refractivity contribution in [2.75, 3.05) is 11.9 Å². The first-order valence-corrected chi connectivity index (χ1v) is 12.1. The lowest BCUT2D eigenvalue weighted by Gasteiger charge is -2.27. The largest absolute Gasteiger partial charge is 0.456 e.